The van der Waals surface area contributed by atoms with E-state index in [0.717, 1.165) is 5.56 Å². The predicted octanol–water partition coefficient (Wildman–Crippen LogP) is 3.97. The number of ether oxygens (including phenoxy) is 1. The minimum atomic E-state index is 0.129. The predicted molar refractivity (Wildman–Crippen MR) is 80.1 cm³/mol. The highest BCUT2D eigenvalue weighted by molar-refractivity contribution is 6.32. The number of hydrogen-bond acceptors (Lipinski definition) is 2. The third-order valence-corrected chi connectivity index (χ3v) is 3.50. The van der Waals surface area contributed by atoms with Crippen molar-refractivity contribution in [1.29, 1.82) is 0 Å². The third-order valence-electron chi connectivity index (χ3n) is 3.21. The summed E-state index contributed by atoms with van der Waals surface area (Å²) in [6.07, 6.45) is 0. The fourth-order valence-corrected chi connectivity index (χ4v) is 2.41. The van der Waals surface area contributed by atoms with E-state index in [2.05, 4.69) is 36.5 Å². The van der Waals surface area contributed by atoms with Gasteiger partial charge >= 0.3 is 0 Å². The van der Waals surface area contributed by atoms with Crippen LogP contribution in [0.5, 0.6) is 5.75 Å². The van der Waals surface area contributed by atoms with Gasteiger partial charge in [0.05, 0.1) is 18.2 Å². The van der Waals surface area contributed by atoms with Gasteiger partial charge in [0.2, 0.25) is 0 Å². The molecule has 2 aromatic rings. The van der Waals surface area contributed by atoms with Gasteiger partial charge in [0, 0.05) is 0 Å². The monoisotopic (exact) mass is 275 g/mol. The van der Waals surface area contributed by atoms with Crippen LogP contribution in [0.15, 0.2) is 42.5 Å². The van der Waals surface area contributed by atoms with Crippen LogP contribution in [0.1, 0.15) is 22.7 Å². The quantitative estimate of drug-likeness (QED) is 0.912. The first-order valence-electron chi connectivity index (χ1n) is 6.23. The fourth-order valence-electron chi connectivity index (χ4n) is 2.15. The summed E-state index contributed by atoms with van der Waals surface area (Å²) in [5.74, 6) is 0.698. The molecule has 2 aromatic carbocycles. The van der Waals surface area contributed by atoms with Crippen molar-refractivity contribution >= 4 is 11.6 Å². The molecule has 100 valence electrons. The Kier molecular flexibility index (Phi) is 4.46. The Morgan fingerprint density at radius 3 is 2.21 bits per heavy atom. The van der Waals surface area contributed by atoms with Crippen LogP contribution in [0.2, 0.25) is 5.02 Å². The lowest BCUT2D eigenvalue weighted by Crippen LogP contribution is -2.17. The van der Waals surface area contributed by atoms with Crippen LogP contribution in [0.3, 0.4) is 0 Å². The average molecular weight is 276 g/mol. The SMILES string of the molecule is CNC(c1ccc(C)cc1)c1ccc(OC)c(Cl)c1. The zero-order chi connectivity index (χ0) is 13.8. The van der Waals surface area contributed by atoms with Crippen molar-refractivity contribution in [2.45, 2.75) is 13.0 Å². The van der Waals surface area contributed by atoms with Gasteiger partial charge in [-0.2, -0.15) is 0 Å². The molecule has 0 fully saturated rings. The minimum absolute atomic E-state index is 0.129. The fraction of sp³-hybridized carbons (Fsp3) is 0.250. The van der Waals surface area contributed by atoms with Gasteiger partial charge < -0.3 is 10.1 Å². The number of rotatable bonds is 4. The Balaban J connectivity index is 2.36. The number of nitrogens with one attached hydrogen (secondary N) is 1. The summed E-state index contributed by atoms with van der Waals surface area (Å²) in [6, 6.07) is 14.5. The number of hydrogen-bond donors (Lipinski definition) is 1. The van der Waals surface area contributed by atoms with Gasteiger partial charge in [-0.15, -0.1) is 0 Å². The molecule has 0 saturated heterocycles. The zero-order valence-electron chi connectivity index (χ0n) is 11.4. The molecule has 0 bridgehead atoms. The van der Waals surface area contributed by atoms with Crippen molar-refractivity contribution in [2.75, 3.05) is 14.2 Å². The van der Waals surface area contributed by atoms with E-state index in [1.54, 1.807) is 7.11 Å². The van der Waals surface area contributed by atoms with E-state index in [0.29, 0.717) is 10.8 Å². The van der Waals surface area contributed by atoms with Crippen LogP contribution in [-0.2, 0) is 0 Å². The van der Waals surface area contributed by atoms with E-state index < -0.39 is 0 Å². The van der Waals surface area contributed by atoms with Gasteiger partial charge in [0.1, 0.15) is 5.75 Å². The Hall–Kier alpha value is -1.51. The highest BCUT2D eigenvalue weighted by Gasteiger charge is 2.13. The summed E-state index contributed by atoms with van der Waals surface area (Å²) in [5, 5.41) is 3.95. The summed E-state index contributed by atoms with van der Waals surface area (Å²) in [5.41, 5.74) is 3.60. The second-order valence-electron chi connectivity index (χ2n) is 4.53. The number of methoxy groups -OCH3 is 1. The lowest BCUT2D eigenvalue weighted by molar-refractivity contribution is 0.414. The molecule has 1 atom stereocenters. The Morgan fingerprint density at radius 2 is 1.68 bits per heavy atom. The standard InChI is InChI=1S/C16H18ClNO/c1-11-4-6-12(7-5-11)16(18-2)13-8-9-15(19-3)14(17)10-13/h4-10,16,18H,1-3H3. The number of aryl methyl sites for hydroxylation is 1. The van der Waals surface area contributed by atoms with Crippen LogP contribution in [0.4, 0.5) is 0 Å². The molecule has 0 saturated carbocycles. The van der Waals surface area contributed by atoms with Crippen molar-refractivity contribution in [3.05, 3.63) is 64.2 Å². The van der Waals surface area contributed by atoms with Crippen LogP contribution in [0, 0.1) is 6.92 Å². The van der Waals surface area contributed by atoms with Crippen LogP contribution >= 0.6 is 11.6 Å². The smallest absolute Gasteiger partial charge is 0.137 e. The molecule has 2 nitrogen and oxygen atoms in total. The molecule has 19 heavy (non-hydrogen) atoms. The first kappa shape index (κ1) is 13.9. The number of halogens is 1. The van der Waals surface area contributed by atoms with E-state index in [-0.39, 0.29) is 6.04 Å². The van der Waals surface area contributed by atoms with E-state index >= 15 is 0 Å². The van der Waals surface area contributed by atoms with Gasteiger partial charge in [-0.25, -0.2) is 0 Å². The lowest BCUT2D eigenvalue weighted by Gasteiger charge is -2.18. The average Bonchev–Trinajstić information content (AvgIpc) is 2.42. The van der Waals surface area contributed by atoms with Gasteiger partial charge in [-0.3, -0.25) is 0 Å². The summed E-state index contributed by atoms with van der Waals surface area (Å²) in [4.78, 5) is 0. The Morgan fingerprint density at radius 1 is 1.05 bits per heavy atom. The third kappa shape index (κ3) is 3.09. The molecule has 1 N–H and O–H groups in total. The zero-order valence-corrected chi connectivity index (χ0v) is 12.2. The first-order valence-corrected chi connectivity index (χ1v) is 6.60. The first-order chi connectivity index (χ1) is 9.15. The highest BCUT2D eigenvalue weighted by atomic mass is 35.5. The maximum Gasteiger partial charge on any atom is 0.137 e. The molecule has 0 spiro atoms. The number of benzene rings is 2. The molecule has 0 aliphatic rings. The summed E-state index contributed by atoms with van der Waals surface area (Å²) in [6.45, 7) is 2.09. The molecular formula is C16H18ClNO. The second-order valence-corrected chi connectivity index (χ2v) is 4.93. The van der Waals surface area contributed by atoms with Crippen molar-refractivity contribution in [2.24, 2.45) is 0 Å². The normalized spacial score (nSPS) is 12.2. The van der Waals surface area contributed by atoms with Crippen molar-refractivity contribution in [3.8, 4) is 5.75 Å². The van der Waals surface area contributed by atoms with Gasteiger partial charge in [-0.1, -0.05) is 47.5 Å². The molecule has 0 heterocycles. The van der Waals surface area contributed by atoms with E-state index in [1.807, 2.05) is 25.2 Å². The van der Waals surface area contributed by atoms with Crippen molar-refractivity contribution in [3.63, 3.8) is 0 Å². The molecular weight excluding hydrogens is 258 g/mol. The van der Waals surface area contributed by atoms with E-state index in [4.69, 9.17) is 16.3 Å². The van der Waals surface area contributed by atoms with Gasteiger partial charge in [0.15, 0.2) is 0 Å². The summed E-state index contributed by atoms with van der Waals surface area (Å²) < 4.78 is 5.18. The van der Waals surface area contributed by atoms with Crippen molar-refractivity contribution in [1.82, 2.24) is 5.32 Å². The Labute approximate surface area is 119 Å². The molecule has 0 radical (unpaired) electrons. The van der Waals surface area contributed by atoms with E-state index in [9.17, 15) is 0 Å². The molecule has 3 heteroatoms. The highest BCUT2D eigenvalue weighted by Crippen LogP contribution is 2.30. The van der Waals surface area contributed by atoms with E-state index in [1.165, 1.54) is 11.1 Å². The summed E-state index contributed by atoms with van der Waals surface area (Å²) >= 11 is 6.19. The molecule has 0 aromatic heterocycles. The maximum absolute atomic E-state index is 6.19. The van der Waals surface area contributed by atoms with Crippen LogP contribution < -0.4 is 10.1 Å². The van der Waals surface area contributed by atoms with Gasteiger partial charge in [-0.05, 0) is 37.2 Å². The summed E-state index contributed by atoms with van der Waals surface area (Å²) in [7, 11) is 3.57. The lowest BCUT2D eigenvalue weighted by atomic mass is 9.98. The molecule has 0 aliphatic heterocycles. The van der Waals surface area contributed by atoms with Gasteiger partial charge in [0.25, 0.3) is 0 Å². The van der Waals surface area contributed by atoms with Crippen LogP contribution in [-0.4, -0.2) is 14.2 Å². The van der Waals surface area contributed by atoms with Crippen molar-refractivity contribution < 1.29 is 4.74 Å². The Bertz CT molecular complexity index is 551. The topological polar surface area (TPSA) is 21.3 Å². The maximum atomic E-state index is 6.19. The van der Waals surface area contributed by atoms with Crippen LogP contribution in [0.25, 0.3) is 0 Å². The minimum Gasteiger partial charge on any atom is -0.495 e. The largest absolute Gasteiger partial charge is 0.495 e. The molecule has 1 unspecified atom stereocenters. The molecule has 2 rings (SSSR count). The molecule has 0 amide bonds. The second kappa shape index (κ2) is 6.09. The molecule has 0 aliphatic carbocycles.